The maximum Gasteiger partial charge on any atom is 0.229 e. The number of nitrogens with one attached hydrogen (secondary N) is 1. The minimum absolute atomic E-state index is 0.0151. The summed E-state index contributed by atoms with van der Waals surface area (Å²) in [6, 6.07) is 9.65. The van der Waals surface area contributed by atoms with E-state index in [2.05, 4.69) is 5.32 Å². The van der Waals surface area contributed by atoms with Crippen molar-refractivity contribution in [2.24, 2.45) is 5.41 Å². The van der Waals surface area contributed by atoms with Gasteiger partial charge >= 0.3 is 0 Å². The number of hydrogen-bond donors (Lipinski definition) is 1. The second kappa shape index (κ2) is 4.92. The zero-order valence-corrected chi connectivity index (χ0v) is 11.8. The monoisotopic (exact) mass is 257 g/mol. The molecule has 1 N–H and O–H groups in total. The summed E-state index contributed by atoms with van der Waals surface area (Å²) in [4.78, 5) is 12.0. The highest BCUT2D eigenvalue weighted by molar-refractivity contribution is 5.95. The van der Waals surface area contributed by atoms with Crippen LogP contribution < -0.4 is 5.32 Å². The van der Waals surface area contributed by atoms with Gasteiger partial charge in [0.2, 0.25) is 5.91 Å². The van der Waals surface area contributed by atoms with Gasteiger partial charge in [-0.25, -0.2) is 0 Å². The lowest BCUT2D eigenvalue weighted by Gasteiger charge is -2.19. The normalized spacial score (nSPS) is 11.4. The Balaban J connectivity index is 2.23. The number of anilines is 1. The van der Waals surface area contributed by atoms with Crippen LogP contribution in [0.25, 0.3) is 11.3 Å². The fourth-order valence-electron chi connectivity index (χ4n) is 1.71. The van der Waals surface area contributed by atoms with E-state index in [1.807, 2.05) is 58.0 Å². The second-order valence-corrected chi connectivity index (χ2v) is 5.71. The van der Waals surface area contributed by atoms with Crippen molar-refractivity contribution < 1.29 is 9.21 Å². The van der Waals surface area contributed by atoms with Crippen LogP contribution in [0.2, 0.25) is 0 Å². The molecule has 0 spiro atoms. The van der Waals surface area contributed by atoms with E-state index in [9.17, 15) is 4.79 Å². The van der Waals surface area contributed by atoms with Crippen LogP contribution in [-0.4, -0.2) is 5.91 Å². The SMILES string of the molecule is Cc1cc(-c2ccco2)ccc1NC(=O)C(C)(C)C. The number of furan rings is 1. The molecule has 0 saturated carbocycles. The van der Waals surface area contributed by atoms with E-state index in [1.54, 1.807) is 6.26 Å². The summed E-state index contributed by atoms with van der Waals surface area (Å²) in [5.41, 5.74) is 2.48. The standard InChI is InChI=1S/C16H19NO2/c1-11-10-12(14-6-5-9-19-14)7-8-13(11)17-15(18)16(2,3)4/h5-10H,1-4H3,(H,17,18). The second-order valence-electron chi connectivity index (χ2n) is 5.71. The first-order chi connectivity index (χ1) is 8.88. The summed E-state index contributed by atoms with van der Waals surface area (Å²) in [6.45, 7) is 7.67. The molecule has 0 fully saturated rings. The van der Waals surface area contributed by atoms with Crippen LogP contribution in [0.1, 0.15) is 26.3 Å². The quantitative estimate of drug-likeness (QED) is 0.874. The molecule has 0 radical (unpaired) electrons. The Hall–Kier alpha value is -2.03. The van der Waals surface area contributed by atoms with Gasteiger partial charge in [0.15, 0.2) is 0 Å². The topological polar surface area (TPSA) is 42.2 Å². The van der Waals surface area contributed by atoms with Gasteiger partial charge in [-0.2, -0.15) is 0 Å². The Labute approximate surface area is 113 Å². The third-order valence-electron chi connectivity index (χ3n) is 2.96. The molecule has 0 aliphatic rings. The molecule has 0 saturated heterocycles. The summed E-state index contributed by atoms with van der Waals surface area (Å²) < 4.78 is 5.36. The molecule has 3 nitrogen and oxygen atoms in total. The summed E-state index contributed by atoms with van der Waals surface area (Å²) in [5, 5.41) is 2.95. The van der Waals surface area contributed by atoms with Crippen LogP contribution in [0.4, 0.5) is 5.69 Å². The maximum absolute atomic E-state index is 12.0. The molecule has 100 valence electrons. The molecular formula is C16H19NO2. The lowest BCUT2D eigenvalue weighted by Crippen LogP contribution is -2.27. The molecule has 2 rings (SSSR count). The van der Waals surface area contributed by atoms with Gasteiger partial charge in [0.05, 0.1) is 6.26 Å². The lowest BCUT2D eigenvalue weighted by atomic mass is 9.95. The van der Waals surface area contributed by atoms with Crippen LogP contribution in [0.5, 0.6) is 0 Å². The molecule has 19 heavy (non-hydrogen) atoms. The van der Waals surface area contributed by atoms with E-state index >= 15 is 0 Å². The van der Waals surface area contributed by atoms with Gasteiger partial charge in [-0.05, 0) is 42.8 Å². The van der Waals surface area contributed by atoms with Crippen molar-refractivity contribution in [1.29, 1.82) is 0 Å². The minimum Gasteiger partial charge on any atom is -0.464 e. The van der Waals surface area contributed by atoms with Gasteiger partial charge in [0.1, 0.15) is 5.76 Å². The number of aryl methyl sites for hydroxylation is 1. The van der Waals surface area contributed by atoms with Crippen molar-refractivity contribution in [3.8, 4) is 11.3 Å². The molecular weight excluding hydrogens is 238 g/mol. The van der Waals surface area contributed by atoms with Crippen molar-refractivity contribution in [2.75, 3.05) is 5.32 Å². The van der Waals surface area contributed by atoms with Crippen LogP contribution in [0.15, 0.2) is 41.0 Å². The number of rotatable bonds is 2. The number of carbonyl (C=O) groups is 1. The summed E-state index contributed by atoms with van der Waals surface area (Å²) in [6.07, 6.45) is 1.65. The first-order valence-corrected chi connectivity index (χ1v) is 6.34. The Morgan fingerprint density at radius 3 is 2.47 bits per heavy atom. The van der Waals surface area contributed by atoms with Gasteiger partial charge in [0.25, 0.3) is 0 Å². The zero-order valence-electron chi connectivity index (χ0n) is 11.8. The van der Waals surface area contributed by atoms with Crippen molar-refractivity contribution in [2.45, 2.75) is 27.7 Å². The first-order valence-electron chi connectivity index (χ1n) is 6.34. The van der Waals surface area contributed by atoms with Crippen LogP contribution in [0.3, 0.4) is 0 Å². The minimum atomic E-state index is -0.397. The van der Waals surface area contributed by atoms with Crippen LogP contribution in [0, 0.1) is 12.3 Å². The summed E-state index contributed by atoms with van der Waals surface area (Å²) in [5.74, 6) is 0.846. The third kappa shape index (κ3) is 3.05. The van der Waals surface area contributed by atoms with E-state index in [-0.39, 0.29) is 5.91 Å². The van der Waals surface area contributed by atoms with Gasteiger partial charge in [0, 0.05) is 16.7 Å². The highest BCUT2D eigenvalue weighted by atomic mass is 16.3. The van der Waals surface area contributed by atoms with Gasteiger partial charge in [-0.3, -0.25) is 4.79 Å². The number of amides is 1. The van der Waals surface area contributed by atoms with E-state index in [1.165, 1.54) is 0 Å². The molecule has 1 aromatic carbocycles. The molecule has 1 heterocycles. The smallest absolute Gasteiger partial charge is 0.229 e. The molecule has 0 atom stereocenters. The fourth-order valence-corrected chi connectivity index (χ4v) is 1.71. The molecule has 3 heteroatoms. The molecule has 0 aliphatic carbocycles. The largest absolute Gasteiger partial charge is 0.464 e. The predicted octanol–water partition coefficient (Wildman–Crippen LogP) is 4.24. The van der Waals surface area contributed by atoms with Gasteiger partial charge in [-0.15, -0.1) is 0 Å². The van der Waals surface area contributed by atoms with E-state index < -0.39 is 5.41 Å². The Bertz CT molecular complexity index is 577. The number of benzene rings is 1. The average molecular weight is 257 g/mol. The number of hydrogen-bond acceptors (Lipinski definition) is 2. The predicted molar refractivity (Wildman–Crippen MR) is 77.0 cm³/mol. The molecule has 1 aromatic heterocycles. The van der Waals surface area contributed by atoms with Crippen molar-refractivity contribution >= 4 is 11.6 Å². The van der Waals surface area contributed by atoms with Crippen molar-refractivity contribution in [1.82, 2.24) is 0 Å². The van der Waals surface area contributed by atoms with Crippen LogP contribution >= 0.6 is 0 Å². The molecule has 0 aliphatic heterocycles. The molecule has 2 aromatic rings. The number of carbonyl (C=O) groups excluding carboxylic acids is 1. The molecule has 1 amide bonds. The summed E-state index contributed by atoms with van der Waals surface area (Å²) in [7, 11) is 0. The highest BCUT2D eigenvalue weighted by Gasteiger charge is 2.21. The highest BCUT2D eigenvalue weighted by Crippen LogP contribution is 2.26. The van der Waals surface area contributed by atoms with Crippen molar-refractivity contribution in [3.63, 3.8) is 0 Å². The van der Waals surface area contributed by atoms with Gasteiger partial charge in [-0.1, -0.05) is 20.8 Å². The Morgan fingerprint density at radius 1 is 1.21 bits per heavy atom. The van der Waals surface area contributed by atoms with Crippen molar-refractivity contribution in [3.05, 3.63) is 42.2 Å². The van der Waals surface area contributed by atoms with Gasteiger partial charge < -0.3 is 9.73 Å². The first kappa shape index (κ1) is 13.4. The maximum atomic E-state index is 12.0. The average Bonchev–Trinajstić information content (AvgIpc) is 2.84. The van der Waals surface area contributed by atoms with E-state index in [4.69, 9.17) is 4.42 Å². The van der Waals surface area contributed by atoms with Crippen LogP contribution in [-0.2, 0) is 4.79 Å². The summed E-state index contributed by atoms with van der Waals surface area (Å²) >= 11 is 0. The van der Waals surface area contributed by atoms with E-state index in [0.717, 1.165) is 22.6 Å². The Morgan fingerprint density at radius 2 is 1.95 bits per heavy atom. The molecule has 0 unspecified atom stereocenters. The lowest BCUT2D eigenvalue weighted by molar-refractivity contribution is -0.123. The van der Waals surface area contributed by atoms with E-state index in [0.29, 0.717) is 0 Å². The molecule has 0 bridgehead atoms. The third-order valence-corrected chi connectivity index (χ3v) is 2.96. The zero-order chi connectivity index (χ0) is 14.0. The fraction of sp³-hybridized carbons (Fsp3) is 0.312. The Kier molecular flexibility index (Phi) is 3.47.